The Morgan fingerprint density at radius 2 is 2.19 bits per heavy atom. The maximum Gasteiger partial charge on any atom is 0.0674 e. The number of hydrogen-bond donors (Lipinski definition) is 1. The summed E-state index contributed by atoms with van der Waals surface area (Å²) in [7, 11) is 0. The summed E-state index contributed by atoms with van der Waals surface area (Å²) in [6.07, 6.45) is 1.50. The molecule has 1 aromatic rings. The number of nitrogens with zero attached hydrogens (tertiary/aromatic N) is 1. The molecule has 0 bridgehead atoms. The molecule has 1 fully saturated rings. The largest absolute Gasteiger partial charge is 0.377 e. The van der Waals surface area contributed by atoms with Gasteiger partial charge in [-0.3, -0.25) is 4.90 Å². The Morgan fingerprint density at radius 1 is 1.43 bits per heavy atom. The first-order chi connectivity index (χ1) is 9.83. The lowest BCUT2D eigenvalue weighted by Crippen LogP contribution is -2.34. The third kappa shape index (κ3) is 5.70. The second-order valence-corrected chi connectivity index (χ2v) is 8.51. The van der Waals surface area contributed by atoms with Crippen LogP contribution < -0.4 is 5.32 Å². The number of ether oxygens (including phenoxy) is 1. The van der Waals surface area contributed by atoms with Crippen LogP contribution in [-0.4, -0.2) is 36.2 Å². The highest BCUT2D eigenvalue weighted by molar-refractivity contribution is 7.12. The summed E-state index contributed by atoms with van der Waals surface area (Å²) in [6.45, 7) is 16.2. The molecule has 0 amide bonds. The van der Waals surface area contributed by atoms with Crippen LogP contribution in [-0.2, 0) is 17.8 Å². The van der Waals surface area contributed by atoms with Crippen LogP contribution in [0.25, 0.3) is 0 Å². The Balaban J connectivity index is 1.95. The smallest absolute Gasteiger partial charge is 0.0674 e. The van der Waals surface area contributed by atoms with Crippen LogP contribution in [0.4, 0.5) is 0 Å². The van der Waals surface area contributed by atoms with Gasteiger partial charge < -0.3 is 10.1 Å². The minimum Gasteiger partial charge on any atom is -0.377 e. The van der Waals surface area contributed by atoms with Gasteiger partial charge in [0, 0.05) is 48.1 Å². The SMILES string of the molecule is Cc1sc(CNC(C)(C)C)cc1CN1CCCOC(C)C1. The summed E-state index contributed by atoms with van der Waals surface area (Å²) in [5.74, 6) is 0. The van der Waals surface area contributed by atoms with Crippen molar-refractivity contribution in [1.82, 2.24) is 10.2 Å². The highest BCUT2D eigenvalue weighted by Crippen LogP contribution is 2.24. The van der Waals surface area contributed by atoms with Gasteiger partial charge in [-0.05, 0) is 52.7 Å². The van der Waals surface area contributed by atoms with E-state index in [1.165, 1.54) is 15.3 Å². The van der Waals surface area contributed by atoms with E-state index in [4.69, 9.17) is 4.74 Å². The number of rotatable bonds is 4. The van der Waals surface area contributed by atoms with Crippen LogP contribution in [0.3, 0.4) is 0 Å². The standard InChI is InChI=1S/C17H30N2OS/c1-13-11-19(7-6-8-20-13)12-15-9-16(21-14(15)2)10-18-17(3,4)5/h9,13,18H,6-8,10-12H2,1-5H3. The van der Waals surface area contributed by atoms with E-state index in [1.54, 1.807) is 0 Å². The molecule has 1 aliphatic rings. The molecule has 1 saturated heterocycles. The zero-order chi connectivity index (χ0) is 15.5. The average Bonchev–Trinajstić information content (AvgIpc) is 2.58. The van der Waals surface area contributed by atoms with Crippen LogP contribution in [0.2, 0.25) is 0 Å². The molecule has 0 radical (unpaired) electrons. The lowest BCUT2D eigenvalue weighted by Gasteiger charge is -2.21. The van der Waals surface area contributed by atoms with Gasteiger partial charge in [0.2, 0.25) is 0 Å². The van der Waals surface area contributed by atoms with Gasteiger partial charge in [0.1, 0.15) is 0 Å². The number of aryl methyl sites for hydroxylation is 1. The van der Waals surface area contributed by atoms with E-state index >= 15 is 0 Å². The first-order valence-electron chi connectivity index (χ1n) is 8.00. The van der Waals surface area contributed by atoms with Gasteiger partial charge in [0.05, 0.1) is 6.10 Å². The molecule has 2 rings (SSSR count). The van der Waals surface area contributed by atoms with E-state index in [1.807, 2.05) is 11.3 Å². The van der Waals surface area contributed by atoms with E-state index in [0.29, 0.717) is 6.10 Å². The van der Waals surface area contributed by atoms with E-state index < -0.39 is 0 Å². The minimum absolute atomic E-state index is 0.176. The Kier molecular flexibility index (Phi) is 5.83. The van der Waals surface area contributed by atoms with Crippen LogP contribution >= 0.6 is 11.3 Å². The average molecular weight is 311 g/mol. The van der Waals surface area contributed by atoms with Crippen molar-refractivity contribution in [2.45, 2.75) is 65.8 Å². The second-order valence-electron chi connectivity index (χ2n) is 7.17. The predicted molar refractivity (Wildman–Crippen MR) is 91.0 cm³/mol. The van der Waals surface area contributed by atoms with Crippen LogP contribution in [0.1, 0.15) is 49.4 Å². The van der Waals surface area contributed by atoms with Crippen LogP contribution in [0.5, 0.6) is 0 Å². The van der Waals surface area contributed by atoms with E-state index in [2.05, 4.69) is 50.9 Å². The maximum atomic E-state index is 5.73. The molecule has 0 aliphatic carbocycles. The van der Waals surface area contributed by atoms with E-state index in [0.717, 1.165) is 39.2 Å². The highest BCUT2D eigenvalue weighted by Gasteiger charge is 2.17. The Bertz CT molecular complexity index is 450. The van der Waals surface area contributed by atoms with Crippen LogP contribution in [0, 0.1) is 6.92 Å². The fraction of sp³-hybridized carbons (Fsp3) is 0.765. The maximum absolute atomic E-state index is 5.73. The van der Waals surface area contributed by atoms with Crippen molar-refractivity contribution >= 4 is 11.3 Å². The van der Waals surface area contributed by atoms with Crippen molar-refractivity contribution < 1.29 is 4.74 Å². The molecule has 21 heavy (non-hydrogen) atoms. The number of thiophene rings is 1. The summed E-state index contributed by atoms with van der Waals surface area (Å²) in [5.41, 5.74) is 1.66. The Labute approximate surface area is 133 Å². The van der Waals surface area contributed by atoms with Gasteiger partial charge in [-0.25, -0.2) is 0 Å². The third-order valence-corrected chi connectivity index (χ3v) is 4.89. The van der Waals surface area contributed by atoms with Crippen molar-refractivity contribution in [3.8, 4) is 0 Å². The van der Waals surface area contributed by atoms with Crippen molar-refractivity contribution in [3.63, 3.8) is 0 Å². The van der Waals surface area contributed by atoms with Crippen molar-refractivity contribution in [2.24, 2.45) is 0 Å². The molecule has 0 aromatic carbocycles. The topological polar surface area (TPSA) is 24.5 Å². The van der Waals surface area contributed by atoms with E-state index in [-0.39, 0.29) is 5.54 Å². The first kappa shape index (κ1) is 16.9. The molecule has 2 heterocycles. The molecule has 0 saturated carbocycles. The summed E-state index contributed by atoms with van der Waals surface area (Å²) in [6, 6.07) is 2.38. The van der Waals surface area contributed by atoms with Gasteiger partial charge in [-0.2, -0.15) is 0 Å². The summed E-state index contributed by atoms with van der Waals surface area (Å²) < 4.78 is 5.73. The van der Waals surface area contributed by atoms with Gasteiger partial charge in [0.25, 0.3) is 0 Å². The lowest BCUT2D eigenvalue weighted by molar-refractivity contribution is 0.0668. The third-order valence-electron chi connectivity index (χ3n) is 3.79. The van der Waals surface area contributed by atoms with Crippen LogP contribution in [0.15, 0.2) is 6.07 Å². The summed E-state index contributed by atoms with van der Waals surface area (Å²) >= 11 is 1.93. The summed E-state index contributed by atoms with van der Waals surface area (Å²) in [5, 5.41) is 3.58. The van der Waals surface area contributed by atoms with Crippen molar-refractivity contribution in [1.29, 1.82) is 0 Å². The molecule has 3 nitrogen and oxygen atoms in total. The highest BCUT2D eigenvalue weighted by atomic mass is 32.1. The van der Waals surface area contributed by atoms with Gasteiger partial charge in [-0.15, -0.1) is 11.3 Å². The molecule has 120 valence electrons. The number of hydrogen-bond acceptors (Lipinski definition) is 4. The normalized spacial score (nSPS) is 21.5. The van der Waals surface area contributed by atoms with Crippen molar-refractivity contribution in [3.05, 3.63) is 21.4 Å². The van der Waals surface area contributed by atoms with Crippen molar-refractivity contribution in [2.75, 3.05) is 19.7 Å². The quantitative estimate of drug-likeness (QED) is 0.920. The Hall–Kier alpha value is -0.420. The molecule has 4 heteroatoms. The molecular formula is C17H30N2OS. The first-order valence-corrected chi connectivity index (χ1v) is 8.82. The molecule has 1 aromatic heterocycles. The second kappa shape index (κ2) is 7.23. The Morgan fingerprint density at radius 3 is 2.90 bits per heavy atom. The van der Waals surface area contributed by atoms with Gasteiger partial charge in [0.15, 0.2) is 0 Å². The summed E-state index contributed by atoms with van der Waals surface area (Å²) in [4.78, 5) is 5.43. The zero-order valence-corrected chi connectivity index (χ0v) is 15.0. The molecular weight excluding hydrogens is 280 g/mol. The van der Waals surface area contributed by atoms with Gasteiger partial charge >= 0.3 is 0 Å². The fourth-order valence-electron chi connectivity index (χ4n) is 2.65. The monoisotopic (exact) mass is 310 g/mol. The molecule has 1 aliphatic heterocycles. The minimum atomic E-state index is 0.176. The number of nitrogens with one attached hydrogen (secondary N) is 1. The van der Waals surface area contributed by atoms with E-state index in [9.17, 15) is 0 Å². The predicted octanol–water partition coefficient (Wildman–Crippen LogP) is 3.56. The van der Waals surface area contributed by atoms with Gasteiger partial charge in [-0.1, -0.05) is 0 Å². The molecule has 1 unspecified atom stereocenters. The zero-order valence-electron chi connectivity index (χ0n) is 14.2. The molecule has 0 spiro atoms. The molecule has 1 N–H and O–H groups in total. The molecule has 1 atom stereocenters. The lowest BCUT2D eigenvalue weighted by atomic mass is 10.1. The fourth-order valence-corrected chi connectivity index (χ4v) is 3.64.